The van der Waals surface area contributed by atoms with Crippen molar-refractivity contribution in [1.29, 1.82) is 0 Å². The molecule has 0 radical (unpaired) electrons. The number of furan rings is 1. The Bertz CT molecular complexity index is 868. The van der Waals surface area contributed by atoms with Crippen LogP contribution >= 0.6 is 15.9 Å². The van der Waals surface area contributed by atoms with Crippen molar-refractivity contribution in [2.24, 2.45) is 5.92 Å². The van der Waals surface area contributed by atoms with E-state index in [1.807, 2.05) is 41.3 Å². The summed E-state index contributed by atoms with van der Waals surface area (Å²) < 4.78 is 6.95. The Balaban J connectivity index is 1.25. The first-order chi connectivity index (χ1) is 14.0. The van der Waals surface area contributed by atoms with Crippen LogP contribution in [0, 0.1) is 5.92 Å². The van der Waals surface area contributed by atoms with Gasteiger partial charge in [-0.25, -0.2) is 0 Å². The van der Waals surface area contributed by atoms with Crippen LogP contribution in [0.25, 0.3) is 11.3 Å². The minimum atomic E-state index is 0.0635. The Morgan fingerprint density at radius 1 is 1.07 bits per heavy atom. The van der Waals surface area contributed by atoms with Crippen LogP contribution in [0.15, 0.2) is 45.3 Å². The number of hydrogen-bond acceptors (Lipinski definition) is 4. The maximum Gasteiger partial charge on any atom is 0.236 e. The van der Waals surface area contributed by atoms with E-state index in [1.54, 1.807) is 11.9 Å². The van der Waals surface area contributed by atoms with Gasteiger partial charge in [0.1, 0.15) is 11.5 Å². The van der Waals surface area contributed by atoms with Gasteiger partial charge in [-0.15, -0.1) is 0 Å². The summed E-state index contributed by atoms with van der Waals surface area (Å²) in [7, 11) is 1.80. The highest BCUT2D eigenvalue weighted by molar-refractivity contribution is 9.10. The van der Waals surface area contributed by atoms with Gasteiger partial charge in [0.05, 0.1) is 13.1 Å². The second-order valence-corrected chi connectivity index (χ2v) is 8.81. The molecule has 0 unspecified atom stereocenters. The highest BCUT2D eigenvalue weighted by atomic mass is 79.9. The summed E-state index contributed by atoms with van der Waals surface area (Å²) in [6.07, 6.45) is 2.08. The quantitative estimate of drug-likeness (QED) is 0.665. The zero-order valence-electron chi connectivity index (χ0n) is 16.6. The predicted octanol–water partition coefficient (Wildman–Crippen LogP) is 3.22. The van der Waals surface area contributed by atoms with Gasteiger partial charge in [0.15, 0.2) is 0 Å². The van der Waals surface area contributed by atoms with Crippen molar-refractivity contribution in [2.75, 3.05) is 39.8 Å². The number of nitrogens with zero attached hydrogens (tertiary/aromatic N) is 3. The van der Waals surface area contributed by atoms with Crippen LogP contribution < -0.4 is 0 Å². The number of likely N-dealkylation sites (N-methyl/N-ethyl adjacent to an activating group) is 1. The second kappa shape index (κ2) is 8.71. The molecule has 4 rings (SSSR count). The molecule has 1 saturated heterocycles. The molecule has 29 heavy (non-hydrogen) atoms. The minimum absolute atomic E-state index is 0.0635. The van der Waals surface area contributed by atoms with E-state index in [9.17, 15) is 9.59 Å². The van der Waals surface area contributed by atoms with Crippen LogP contribution in [-0.2, 0) is 16.1 Å². The zero-order valence-corrected chi connectivity index (χ0v) is 18.2. The number of carbonyl (C=O) groups is 2. The molecule has 1 aromatic heterocycles. The Hall–Kier alpha value is -2.12. The molecule has 0 N–H and O–H groups in total. The number of halogens is 1. The van der Waals surface area contributed by atoms with Gasteiger partial charge in [0, 0.05) is 49.2 Å². The van der Waals surface area contributed by atoms with Crippen molar-refractivity contribution >= 4 is 27.7 Å². The van der Waals surface area contributed by atoms with Crippen LogP contribution in [0.5, 0.6) is 0 Å². The van der Waals surface area contributed by atoms with Crippen LogP contribution in [0.4, 0.5) is 0 Å². The lowest BCUT2D eigenvalue weighted by Crippen LogP contribution is -2.51. The molecule has 0 spiro atoms. The van der Waals surface area contributed by atoms with Crippen molar-refractivity contribution in [3.8, 4) is 11.3 Å². The first-order valence-corrected chi connectivity index (χ1v) is 10.9. The maximum atomic E-state index is 12.6. The first-order valence-electron chi connectivity index (χ1n) is 10.1. The fraction of sp³-hybridized carbons (Fsp3) is 0.455. The maximum absolute atomic E-state index is 12.6. The van der Waals surface area contributed by atoms with E-state index in [1.165, 1.54) is 0 Å². The molecule has 2 amide bonds. The molecule has 0 atom stereocenters. The van der Waals surface area contributed by atoms with Crippen molar-refractivity contribution in [2.45, 2.75) is 19.4 Å². The molecule has 1 aliphatic heterocycles. The lowest BCUT2D eigenvalue weighted by Gasteiger charge is -2.35. The normalized spacial score (nSPS) is 17.4. The standard InChI is InChI=1S/C22H26BrN3O3/c1-24(14-19-8-9-20(29-19)16-4-6-18(23)7-5-16)21(27)15-25-10-12-26(13-11-25)22(28)17-2-3-17/h4-9,17H,2-3,10-15H2,1H3. The van der Waals surface area contributed by atoms with Crippen LogP contribution in [0.3, 0.4) is 0 Å². The van der Waals surface area contributed by atoms with E-state index < -0.39 is 0 Å². The Labute approximate surface area is 179 Å². The number of rotatable bonds is 6. The van der Waals surface area contributed by atoms with Crippen LogP contribution in [0.1, 0.15) is 18.6 Å². The molecule has 6 nitrogen and oxygen atoms in total. The zero-order chi connectivity index (χ0) is 20.4. The lowest BCUT2D eigenvalue weighted by atomic mass is 10.2. The topological polar surface area (TPSA) is 57.0 Å². The Morgan fingerprint density at radius 3 is 2.41 bits per heavy atom. The summed E-state index contributed by atoms with van der Waals surface area (Å²) >= 11 is 3.43. The summed E-state index contributed by atoms with van der Waals surface area (Å²) in [5, 5.41) is 0. The molecule has 1 aliphatic carbocycles. The van der Waals surface area contributed by atoms with Gasteiger partial charge in [-0.05, 0) is 37.1 Å². The van der Waals surface area contributed by atoms with Crippen molar-refractivity contribution in [3.05, 3.63) is 46.6 Å². The number of amides is 2. The molecule has 2 heterocycles. The minimum Gasteiger partial charge on any atom is -0.459 e. The van der Waals surface area contributed by atoms with Gasteiger partial charge >= 0.3 is 0 Å². The number of piperazine rings is 1. The molecule has 7 heteroatoms. The SMILES string of the molecule is CN(Cc1ccc(-c2ccc(Br)cc2)o1)C(=O)CN1CCN(C(=O)C2CC2)CC1. The molecular formula is C22H26BrN3O3. The fourth-order valence-corrected chi connectivity index (χ4v) is 3.85. The van der Waals surface area contributed by atoms with E-state index in [0.717, 1.165) is 60.6 Å². The van der Waals surface area contributed by atoms with E-state index in [4.69, 9.17) is 4.42 Å². The van der Waals surface area contributed by atoms with E-state index >= 15 is 0 Å². The van der Waals surface area contributed by atoms with Gasteiger partial charge in [0.2, 0.25) is 11.8 Å². The molecule has 2 aromatic rings. The van der Waals surface area contributed by atoms with E-state index in [-0.39, 0.29) is 11.8 Å². The Kier molecular flexibility index (Phi) is 6.06. The number of benzene rings is 1. The highest BCUT2D eigenvalue weighted by Gasteiger charge is 2.34. The van der Waals surface area contributed by atoms with Crippen molar-refractivity contribution < 1.29 is 14.0 Å². The molecular weight excluding hydrogens is 434 g/mol. The summed E-state index contributed by atoms with van der Waals surface area (Å²) in [6, 6.07) is 11.8. The molecule has 2 aliphatic rings. The van der Waals surface area contributed by atoms with Crippen LogP contribution in [-0.4, -0.2) is 66.3 Å². The van der Waals surface area contributed by atoms with Gasteiger partial charge in [0.25, 0.3) is 0 Å². The molecule has 1 aromatic carbocycles. The van der Waals surface area contributed by atoms with Crippen molar-refractivity contribution in [3.63, 3.8) is 0 Å². The van der Waals surface area contributed by atoms with Crippen LogP contribution in [0.2, 0.25) is 0 Å². The number of hydrogen-bond donors (Lipinski definition) is 0. The third-order valence-corrected chi connectivity index (χ3v) is 6.11. The molecule has 1 saturated carbocycles. The van der Waals surface area contributed by atoms with E-state index in [0.29, 0.717) is 19.0 Å². The van der Waals surface area contributed by atoms with Gasteiger partial charge in [-0.2, -0.15) is 0 Å². The molecule has 0 bridgehead atoms. The number of carbonyl (C=O) groups excluding carboxylic acids is 2. The second-order valence-electron chi connectivity index (χ2n) is 7.90. The molecule has 2 fully saturated rings. The smallest absolute Gasteiger partial charge is 0.236 e. The van der Waals surface area contributed by atoms with Gasteiger partial charge in [-0.1, -0.05) is 28.1 Å². The predicted molar refractivity (Wildman–Crippen MR) is 114 cm³/mol. The largest absolute Gasteiger partial charge is 0.459 e. The summed E-state index contributed by atoms with van der Waals surface area (Å²) in [6.45, 7) is 3.78. The fourth-order valence-electron chi connectivity index (χ4n) is 3.58. The monoisotopic (exact) mass is 459 g/mol. The van der Waals surface area contributed by atoms with E-state index in [2.05, 4.69) is 20.8 Å². The van der Waals surface area contributed by atoms with Crippen molar-refractivity contribution in [1.82, 2.24) is 14.7 Å². The average molecular weight is 460 g/mol. The summed E-state index contributed by atoms with van der Waals surface area (Å²) in [5.74, 6) is 2.19. The lowest BCUT2D eigenvalue weighted by molar-refractivity contribution is -0.135. The third-order valence-electron chi connectivity index (χ3n) is 5.58. The first kappa shape index (κ1) is 20.2. The summed E-state index contributed by atoms with van der Waals surface area (Å²) in [5.41, 5.74) is 1.01. The highest BCUT2D eigenvalue weighted by Crippen LogP contribution is 2.31. The molecule has 154 valence electrons. The average Bonchev–Trinajstić information content (AvgIpc) is 3.48. The summed E-state index contributed by atoms with van der Waals surface area (Å²) in [4.78, 5) is 30.5. The van der Waals surface area contributed by atoms with Gasteiger partial charge in [-0.3, -0.25) is 14.5 Å². The Morgan fingerprint density at radius 2 is 1.76 bits per heavy atom. The third kappa shape index (κ3) is 5.08. The van der Waals surface area contributed by atoms with Gasteiger partial charge < -0.3 is 14.2 Å².